The molecule has 1 aliphatic rings. The van der Waals surface area contributed by atoms with Crippen LogP contribution in [-0.2, 0) is 23.3 Å². The van der Waals surface area contributed by atoms with Gasteiger partial charge in [0.15, 0.2) is 0 Å². The van der Waals surface area contributed by atoms with Crippen LogP contribution in [0.2, 0.25) is 0 Å². The van der Waals surface area contributed by atoms with Crippen LogP contribution in [0.1, 0.15) is 74.1 Å². The van der Waals surface area contributed by atoms with E-state index in [2.05, 4.69) is 86.6 Å². The summed E-state index contributed by atoms with van der Waals surface area (Å²) in [5.41, 5.74) is 7.48. The van der Waals surface area contributed by atoms with Crippen molar-refractivity contribution in [1.82, 2.24) is 9.88 Å². The number of rotatable bonds is 11. The standard InChI is InChI=1S/C37H45N3O2S/c1-37(2,3)32-18-14-30(15-19-32)29-12-10-28(11-13-29)22-39(4)33-20-16-31(17-21-33)34-26-43-35(38-34)24-40(25-36(41)42)23-27-8-6-5-7-9-27/h5-9,14-21,26,28-29H,10-13,22-25H2,1-4H3,(H,41,42)/t28-,29-. The number of nitrogens with zero attached hydrogens (tertiary/aromatic N) is 3. The van der Waals surface area contributed by atoms with Gasteiger partial charge in [-0.1, -0.05) is 87.5 Å². The smallest absolute Gasteiger partial charge is 0.317 e. The van der Waals surface area contributed by atoms with Crippen LogP contribution in [0, 0.1) is 5.92 Å². The number of anilines is 1. The molecule has 1 N–H and O–H groups in total. The van der Waals surface area contributed by atoms with Crippen molar-refractivity contribution >= 4 is 23.0 Å². The first kappa shape index (κ1) is 31.0. The second kappa shape index (κ2) is 13.9. The third-order valence-corrected chi connectivity index (χ3v) is 9.58. The largest absolute Gasteiger partial charge is 0.480 e. The fourth-order valence-corrected chi connectivity index (χ4v) is 7.07. The van der Waals surface area contributed by atoms with Crippen LogP contribution in [0.5, 0.6) is 0 Å². The maximum atomic E-state index is 11.5. The van der Waals surface area contributed by atoms with E-state index in [0.717, 1.165) is 34.3 Å². The molecule has 5 nitrogen and oxygen atoms in total. The van der Waals surface area contributed by atoms with E-state index in [1.807, 2.05) is 35.2 Å². The lowest BCUT2D eigenvalue weighted by Crippen LogP contribution is -2.28. The molecule has 3 aromatic carbocycles. The molecule has 43 heavy (non-hydrogen) atoms. The molecule has 0 saturated heterocycles. The highest BCUT2D eigenvalue weighted by Crippen LogP contribution is 2.37. The Bertz CT molecular complexity index is 1450. The monoisotopic (exact) mass is 595 g/mol. The van der Waals surface area contributed by atoms with Crippen LogP contribution in [0.25, 0.3) is 11.3 Å². The van der Waals surface area contributed by atoms with Gasteiger partial charge in [-0.25, -0.2) is 4.98 Å². The molecule has 1 aromatic heterocycles. The van der Waals surface area contributed by atoms with Crippen molar-refractivity contribution in [3.8, 4) is 11.3 Å². The highest BCUT2D eigenvalue weighted by Gasteiger charge is 2.24. The quantitative estimate of drug-likeness (QED) is 0.188. The lowest BCUT2D eigenvalue weighted by molar-refractivity contribution is -0.138. The van der Waals surface area contributed by atoms with Crippen molar-refractivity contribution in [1.29, 1.82) is 0 Å². The zero-order valence-corrected chi connectivity index (χ0v) is 26.8. The zero-order valence-electron chi connectivity index (χ0n) is 26.0. The van der Waals surface area contributed by atoms with Gasteiger partial charge in [-0.05, 0) is 71.8 Å². The molecule has 0 amide bonds. The van der Waals surface area contributed by atoms with Gasteiger partial charge < -0.3 is 10.0 Å². The van der Waals surface area contributed by atoms with Gasteiger partial charge in [-0.15, -0.1) is 11.3 Å². The van der Waals surface area contributed by atoms with Gasteiger partial charge in [0.25, 0.3) is 0 Å². The van der Waals surface area contributed by atoms with E-state index in [-0.39, 0.29) is 12.0 Å². The van der Waals surface area contributed by atoms with Crippen molar-refractivity contribution in [3.63, 3.8) is 0 Å². The van der Waals surface area contributed by atoms with Crippen molar-refractivity contribution < 1.29 is 9.90 Å². The van der Waals surface area contributed by atoms with E-state index in [1.54, 1.807) is 11.3 Å². The SMILES string of the molecule is CN(C[C@H]1CC[C@H](c2ccc(C(C)(C)C)cc2)CC1)c1ccc(-c2csc(CN(CC(=O)O)Cc3ccccc3)n2)cc1. The third kappa shape index (κ3) is 8.55. The number of aromatic nitrogens is 1. The van der Waals surface area contributed by atoms with Crippen LogP contribution < -0.4 is 4.90 Å². The highest BCUT2D eigenvalue weighted by atomic mass is 32.1. The number of carboxylic acids is 1. The first-order valence-corrected chi connectivity index (χ1v) is 16.4. The molecule has 0 aliphatic heterocycles. The summed E-state index contributed by atoms with van der Waals surface area (Å²) in [6.07, 6.45) is 5.10. The van der Waals surface area contributed by atoms with Gasteiger partial charge in [0.05, 0.1) is 18.8 Å². The number of carbonyl (C=O) groups is 1. The minimum Gasteiger partial charge on any atom is -0.480 e. The molecule has 0 radical (unpaired) electrons. The van der Waals surface area contributed by atoms with Gasteiger partial charge in [-0.3, -0.25) is 9.69 Å². The molecule has 0 atom stereocenters. The maximum Gasteiger partial charge on any atom is 0.317 e. The van der Waals surface area contributed by atoms with E-state index in [4.69, 9.17) is 4.98 Å². The van der Waals surface area contributed by atoms with Crippen molar-refractivity contribution in [2.24, 2.45) is 5.92 Å². The topological polar surface area (TPSA) is 56.7 Å². The Morgan fingerprint density at radius 1 is 0.907 bits per heavy atom. The minimum absolute atomic E-state index is 0.0168. The summed E-state index contributed by atoms with van der Waals surface area (Å²) in [5, 5.41) is 12.4. The Balaban J connectivity index is 1.13. The van der Waals surface area contributed by atoms with Crippen molar-refractivity contribution in [3.05, 3.63) is 106 Å². The fourth-order valence-electron chi connectivity index (χ4n) is 6.22. The van der Waals surface area contributed by atoms with Crippen LogP contribution in [0.4, 0.5) is 5.69 Å². The van der Waals surface area contributed by atoms with Gasteiger partial charge >= 0.3 is 5.97 Å². The lowest BCUT2D eigenvalue weighted by atomic mass is 9.77. The van der Waals surface area contributed by atoms with E-state index in [0.29, 0.717) is 19.0 Å². The molecule has 0 unspecified atom stereocenters. The molecule has 1 saturated carbocycles. The summed E-state index contributed by atoms with van der Waals surface area (Å²) in [4.78, 5) is 20.7. The predicted octanol–water partition coefficient (Wildman–Crippen LogP) is 8.60. The second-order valence-electron chi connectivity index (χ2n) is 13.2. The first-order valence-electron chi connectivity index (χ1n) is 15.5. The molecular formula is C37H45N3O2S. The number of aliphatic carboxylic acids is 1. The Hall–Kier alpha value is -3.48. The van der Waals surface area contributed by atoms with Crippen LogP contribution in [-0.4, -0.2) is 41.1 Å². The molecule has 0 spiro atoms. The fraction of sp³-hybridized carbons (Fsp3) is 0.405. The Kier molecular flexibility index (Phi) is 9.99. The maximum absolute atomic E-state index is 11.5. The summed E-state index contributed by atoms with van der Waals surface area (Å²) in [7, 11) is 2.21. The van der Waals surface area contributed by atoms with Gasteiger partial charge in [0, 0.05) is 36.8 Å². The van der Waals surface area contributed by atoms with Gasteiger partial charge in [-0.2, -0.15) is 0 Å². The minimum atomic E-state index is -0.827. The van der Waals surface area contributed by atoms with Gasteiger partial charge in [0.1, 0.15) is 5.01 Å². The molecule has 4 aromatic rings. The lowest BCUT2D eigenvalue weighted by Gasteiger charge is -2.32. The molecular weight excluding hydrogens is 550 g/mol. The van der Waals surface area contributed by atoms with Crippen LogP contribution in [0.15, 0.2) is 84.2 Å². The number of carboxylic acid groups (broad SMARTS) is 1. The average molecular weight is 596 g/mol. The number of benzene rings is 3. The average Bonchev–Trinajstić information content (AvgIpc) is 3.46. The molecule has 1 fully saturated rings. The van der Waals surface area contributed by atoms with E-state index in [9.17, 15) is 9.90 Å². The number of hydrogen-bond donors (Lipinski definition) is 1. The molecule has 1 heterocycles. The predicted molar refractivity (Wildman–Crippen MR) is 179 cm³/mol. The summed E-state index contributed by atoms with van der Waals surface area (Å²) in [6.45, 7) is 8.99. The summed E-state index contributed by atoms with van der Waals surface area (Å²) in [6, 6.07) is 28.1. The molecule has 1 aliphatic carbocycles. The molecule has 6 heteroatoms. The van der Waals surface area contributed by atoms with Crippen molar-refractivity contribution in [2.75, 3.05) is 25.0 Å². The summed E-state index contributed by atoms with van der Waals surface area (Å²) >= 11 is 1.59. The Morgan fingerprint density at radius 2 is 1.58 bits per heavy atom. The number of hydrogen-bond acceptors (Lipinski definition) is 5. The molecule has 226 valence electrons. The summed E-state index contributed by atoms with van der Waals surface area (Å²) < 4.78 is 0. The van der Waals surface area contributed by atoms with Gasteiger partial charge in [0.2, 0.25) is 0 Å². The summed E-state index contributed by atoms with van der Waals surface area (Å²) in [5.74, 6) is 0.583. The first-order chi connectivity index (χ1) is 20.6. The normalized spacial score (nSPS) is 17.2. The number of thiazole rings is 1. The van der Waals surface area contributed by atoms with Crippen LogP contribution >= 0.6 is 11.3 Å². The van der Waals surface area contributed by atoms with Crippen LogP contribution in [0.3, 0.4) is 0 Å². The molecule has 5 rings (SSSR count). The highest BCUT2D eigenvalue weighted by molar-refractivity contribution is 7.09. The van der Waals surface area contributed by atoms with E-state index < -0.39 is 5.97 Å². The van der Waals surface area contributed by atoms with E-state index in [1.165, 1.54) is 42.5 Å². The van der Waals surface area contributed by atoms with Crippen molar-refractivity contribution in [2.45, 2.75) is 70.9 Å². The van der Waals surface area contributed by atoms with E-state index >= 15 is 0 Å². The molecule has 0 bridgehead atoms. The Labute approximate surface area is 261 Å². The third-order valence-electron chi connectivity index (χ3n) is 8.75. The Morgan fingerprint density at radius 3 is 2.21 bits per heavy atom. The second-order valence-corrected chi connectivity index (χ2v) is 14.1. The zero-order chi connectivity index (χ0) is 30.4.